The predicted octanol–water partition coefficient (Wildman–Crippen LogP) is 4.18. The molecule has 1 atom stereocenters. The molecule has 0 saturated heterocycles. The average Bonchev–Trinajstić information content (AvgIpc) is 2.72. The second-order valence-electron chi connectivity index (χ2n) is 6.19. The van der Waals surface area contributed by atoms with Crippen LogP contribution in [-0.4, -0.2) is 30.6 Å². The molecule has 3 rings (SSSR count). The van der Waals surface area contributed by atoms with Gasteiger partial charge in [-0.2, -0.15) is 0 Å². The Labute approximate surface area is 167 Å². The molecular formula is C21H19ClN2O4. The van der Waals surface area contributed by atoms with Gasteiger partial charge in [-0.05, 0) is 47.5 Å². The van der Waals surface area contributed by atoms with Gasteiger partial charge in [-0.3, -0.25) is 9.59 Å². The zero-order chi connectivity index (χ0) is 20.1. The lowest BCUT2D eigenvalue weighted by molar-refractivity contribution is -0.148. The maximum absolute atomic E-state index is 12.3. The SMILES string of the molecule is COc1ccc2cc([C@H](C)C(=O)OCC(=O)Nc3cccnc3Cl)ccc2c1. The van der Waals surface area contributed by atoms with Crippen molar-refractivity contribution >= 4 is 39.9 Å². The van der Waals surface area contributed by atoms with Crippen molar-refractivity contribution in [1.29, 1.82) is 0 Å². The number of methoxy groups -OCH3 is 1. The molecule has 0 bridgehead atoms. The van der Waals surface area contributed by atoms with Gasteiger partial charge in [-0.15, -0.1) is 0 Å². The van der Waals surface area contributed by atoms with Crippen LogP contribution in [0.5, 0.6) is 5.75 Å². The molecule has 1 amide bonds. The topological polar surface area (TPSA) is 77.5 Å². The average molecular weight is 399 g/mol. The van der Waals surface area contributed by atoms with Crippen molar-refractivity contribution in [2.24, 2.45) is 0 Å². The first-order valence-corrected chi connectivity index (χ1v) is 9.00. The number of anilines is 1. The number of esters is 1. The smallest absolute Gasteiger partial charge is 0.313 e. The number of nitrogens with zero attached hydrogens (tertiary/aromatic N) is 1. The number of amides is 1. The summed E-state index contributed by atoms with van der Waals surface area (Å²) in [6.07, 6.45) is 1.51. The summed E-state index contributed by atoms with van der Waals surface area (Å²) in [5.41, 5.74) is 1.17. The summed E-state index contributed by atoms with van der Waals surface area (Å²) in [6, 6.07) is 14.7. The molecule has 0 saturated carbocycles. The molecule has 6 nitrogen and oxygen atoms in total. The number of ether oxygens (including phenoxy) is 2. The van der Waals surface area contributed by atoms with Crippen LogP contribution in [0.2, 0.25) is 5.15 Å². The molecule has 144 valence electrons. The number of halogens is 1. The Bertz CT molecular complexity index is 1020. The Hall–Kier alpha value is -3.12. The number of aromatic nitrogens is 1. The Balaban J connectivity index is 1.61. The van der Waals surface area contributed by atoms with Crippen molar-refractivity contribution in [2.75, 3.05) is 19.0 Å². The molecule has 0 aliphatic carbocycles. The molecule has 0 aliphatic heterocycles. The number of carbonyl (C=O) groups is 2. The van der Waals surface area contributed by atoms with Gasteiger partial charge in [0.1, 0.15) is 5.75 Å². The van der Waals surface area contributed by atoms with E-state index in [2.05, 4.69) is 10.3 Å². The van der Waals surface area contributed by atoms with E-state index in [1.165, 1.54) is 6.20 Å². The van der Waals surface area contributed by atoms with Crippen molar-refractivity contribution in [3.63, 3.8) is 0 Å². The first kappa shape index (κ1) is 19.6. The van der Waals surface area contributed by atoms with Crippen molar-refractivity contribution in [1.82, 2.24) is 4.98 Å². The van der Waals surface area contributed by atoms with Gasteiger partial charge < -0.3 is 14.8 Å². The first-order valence-electron chi connectivity index (χ1n) is 8.62. The fraction of sp³-hybridized carbons (Fsp3) is 0.190. The third-order valence-electron chi connectivity index (χ3n) is 4.30. The highest BCUT2D eigenvalue weighted by molar-refractivity contribution is 6.32. The Kier molecular flexibility index (Phi) is 6.11. The molecule has 0 fully saturated rings. The number of fused-ring (bicyclic) bond motifs is 1. The van der Waals surface area contributed by atoms with Gasteiger partial charge in [0, 0.05) is 6.20 Å². The predicted molar refractivity (Wildman–Crippen MR) is 108 cm³/mol. The lowest BCUT2D eigenvalue weighted by Gasteiger charge is -2.13. The van der Waals surface area contributed by atoms with Crippen molar-refractivity contribution in [3.8, 4) is 5.75 Å². The van der Waals surface area contributed by atoms with E-state index in [0.717, 1.165) is 22.1 Å². The molecule has 1 heterocycles. The van der Waals surface area contributed by atoms with Crippen LogP contribution < -0.4 is 10.1 Å². The van der Waals surface area contributed by atoms with Gasteiger partial charge in [0.15, 0.2) is 11.8 Å². The molecule has 28 heavy (non-hydrogen) atoms. The fourth-order valence-electron chi connectivity index (χ4n) is 2.70. The lowest BCUT2D eigenvalue weighted by atomic mass is 9.98. The quantitative estimate of drug-likeness (QED) is 0.497. The monoisotopic (exact) mass is 398 g/mol. The number of nitrogens with one attached hydrogen (secondary N) is 1. The number of hydrogen-bond acceptors (Lipinski definition) is 5. The fourth-order valence-corrected chi connectivity index (χ4v) is 2.87. The van der Waals surface area contributed by atoms with E-state index in [1.807, 2.05) is 36.4 Å². The first-order chi connectivity index (χ1) is 13.5. The van der Waals surface area contributed by atoms with Crippen LogP contribution >= 0.6 is 11.6 Å². The molecule has 3 aromatic rings. The number of carbonyl (C=O) groups excluding carboxylic acids is 2. The van der Waals surface area contributed by atoms with Crippen LogP contribution in [-0.2, 0) is 14.3 Å². The minimum atomic E-state index is -0.513. The van der Waals surface area contributed by atoms with Crippen molar-refractivity contribution < 1.29 is 19.1 Å². The molecule has 1 N–H and O–H groups in total. The highest BCUT2D eigenvalue weighted by Crippen LogP contribution is 2.26. The van der Waals surface area contributed by atoms with Gasteiger partial charge >= 0.3 is 5.97 Å². The summed E-state index contributed by atoms with van der Waals surface area (Å²) >= 11 is 5.89. The van der Waals surface area contributed by atoms with E-state index in [0.29, 0.717) is 5.69 Å². The summed E-state index contributed by atoms with van der Waals surface area (Å²) in [6.45, 7) is 1.34. The third-order valence-corrected chi connectivity index (χ3v) is 4.60. The van der Waals surface area contributed by atoms with Gasteiger partial charge in [0.05, 0.1) is 18.7 Å². The molecule has 1 aromatic heterocycles. The largest absolute Gasteiger partial charge is 0.497 e. The summed E-state index contributed by atoms with van der Waals surface area (Å²) in [5, 5.41) is 4.72. The van der Waals surface area contributed by atoms with Crippen LogP contribution in [0.1, 0.15) is 18.4 Å². The van der Waals surface area contributed by atoms with Crippen LogP contribution in [0, 0.1) is 0 Å². The maximum atomic E-state index is 12.3. The van der Waals surface area contributed by atoms with Gasteiger partial charge in [-0.1, -0.05) is 35.9 Å². The van der Waals surface area contributed by atoms with Crippen molar-refractivity contribution in [3.05, 3.63) is 65.4 Å². The Morgan fingerprint density at radius 2 is 1.89 bits per heavy atom. The zero-order valence-corrected chi connectivity index (χ0v) is 16.2. The molecule has 0 radical (unpaired) electrons. The van der Waals surface area contributed by atoms with E-state index in [4.69, 9.17) is 21.1 Å². The number of pyridine rings is 1. The highest BCUT2D eigenvalue weighted by atomic mass is 35.5. The lowest BCUT2D eigenvalue weighted by Crippen LogP contribution is -2.23. The molecule has 2 aromatic carbocycles. The van der Waals surface area contributed by atoms with E-state index in [1.54, 1.807) is 26.2 Å². The second-order valence-corrected chi connectivity index (χ2v) is 6.55. The number of rotatable bonds is 6. The minimum Gasteiger partial charge on any atom is -0.497 e. The second kappa shape index (κ2) is 8.71. The van der Waals surface area contributed by atoms with Gasteiger partial charge in [0.2, 0.25) is 0 Å². The van der Waals surface area contributed by atoms with E-state index in [9.17, 15) is 9.59 Å². The normalized spacial score (nSPS) is 11.7. The Morgan fingerprint density at radius 3 is 2.64 bits per heavy atom. The molecule has 0 spiro atoms. The van der Waals surface area contributed by atoms with E-state index in [-0.39, 0.29) is 5.15 Å². The summed E-state index contributed by atoms with van der Waals surface area (Å²) in [4.78, 5) is 28.2. The summed E-state index contributed by atoms with van der Waals surface area (Å²) in [7, 11) is 1.62. The summed E-state index contributed by atoms with van der Waals surface area (Å²) < 4.78 is 10.4. The van der Waals surface area contributed by atoms with E-state index >= 15 is 0 Å². The zero-order valence-electron chi connectivity index (χ0n) is 15.4. The highest BCUT2D eigenvalue weighted by Gasteiger charge is 2.19. The van der Waals surface area contributed by atoms with E-state index < -0.39 is 24.4 Å². The molecular weight excluding hydrogens is 380 g/mol. The number of benzene rings is 2. The number of hydrogen-bond donors (Lipinski definition) is 1. The maximum Gasteiger partial charge on any atom is 0.313 e. The third kappa shape index (κ3) is 4.58. The molecule has 0 unspecified atom stereocenters. The Morgan fingerprint density at radius 1 is 1.14 bits per heavy atom. The molecule has 7 heteroatoms. The minimum absolute atomic E-state index is 0.170. The van der Waals surface area contributed by atoms with Crippen LogP contribution in [0.15, 0.2) is 54.7 Å². The van der Waals surface area contributed by atoms with Gasteiger partial charge in [0.25, 0.3) is 5.91 Å². The van der Waals surface area contributed by atoms with Gasteiger partial charge in [-0.25, -0.2) is 4.98 Å². The van der Waals surface area contributed by atoms with Crippen LogP contribution in [0.3, 0.4) is 0 Å². The summed E-state index contributed by atoms with van der Waals surface area (Å²) in [5.74, 6) is -0.713. The van der Waals surface area contributed by atoms with Crippen LogP contribution in [0.25, 0.3) is 10.8 Å². The molecule has 0 aliphatic rings. The van der Waals surface area contributed by atoms with Crippen molar-refractivity contribution in [2.45, 2.75) is 12.8 Å². The standard InChI is InChI=1S/C21H19ClN2O4/c1-13(14-5-6-16-11-17(27-2)8-7-15(16)10-14)21(26)28-12-19(25)24-18-4-3-9-23-20(18)22/h3-11,13H,12H2,1-2H3,(H,24,25)/t13-/m0/s1. The van der Waals surface area contributed by atoms with Crippen LogP contribution in [0.4, 0.5) is 5.69 Å².